The Labute approximate surface area is 142 Å². The van der Waals surface area contributed by atoms with Gasteiger partial charge in [-0.3, -0.25) is 0 Å². The van der Waals surface area contributed by atoms with Crippen LogP contribution in [-0.4, -0.2) is 13.1 Å². The highest BCUT2D eigenvalue weighted by Crippen LogP contribution is 2.30. The summed E-state index contributed by atoms with van der Waals surface area (Å²) >= 11 is 5.98. The first kappa shape index (κ1) is 16.3. The number of carbonyl (C=O) groups is 1. The molecule has 0 amide bonds. The Morgan fingerprint density at radius 1 is 1.25 bits per heavy atom. The Kier molecular flexibility index (Phi) is 4.44. The van der Waals surface area contributed by atoms with Crippen LogP contribution in [0.3, 0.4) is 0 Å². The fraction of sp³-hybridized carbons (Fsp3) is 0.167. The third-order valence-electron chi connectivity index (χ3n) is 3.63. The Bertz CT molecular complexity index is 917. The van der Waals surface area contributed by atoms with Crippen LogP contribution in [-0.2, 0) is 11.3 Å². The second-order valence-corrected chi connectivity index (χ2v) is 5.61. The molecule has 0 aliphatic carbocycles. The molecule has 0 radical (unpaired) electrons. The number of ether oxygens (including phenoxy) is 2. The number of furan rings is 1. The van der Waals surface area contributed by atoms with E-state index in [2.05, 4.69) is 0 Å². The van der Waals surface area contributed by atoms with Crippen LogP contribution >= 0.6 is 11.6 Å². The third kappa shape index (κ3) is 3.08. The summed E-state index contributed by atoms with van der Waals surface area (Å²) in [5.74, 6) is 0.149. The Morgan fingerprint density at radius 2 is 2.04 bits per heavy atom. The van der Waals surface area contributed by atoms with Crippen LogP contribution in [0.25, 0.3) is 11.0 Å². The molecule has 4 nitrogen and oxygen atoms in total. The molecule has 124 valence electrons. The number of hydrogen-bond acceptors (Lipinski definition) is 4. The molecule has 0 bridgehead atoms. The van der Waals surface area contributed by atoms with Crippen molar-refractivity contribution < 1.29 is 23.1 Å². The topological polar surface area (TPSA) is 48.7 Å². The van der Waals surface area contributed by atoms with Gasteiger partial charge in [0.25, 0.3) is 0 Å². The van der Waals surface area contributed by atoms with E-state index in [4.69, 9.17) is 25.5 Å². The van der Waals surface area contributed by atoms with Gasteiger partial charge in [-0.1, -0.05) is 17.7 Å². The quantitative estimate of drug-likeness (QED) is 0.629. The van der Waals surface area contributed by atoms with Gasteiger partial charge in [0, 0.05) is 10.9 Å². The van der Waals surface area contributed by atoms with Crippen molar-refractivity contribution in [1.29, 1.82) is 0 Å². The van der Waals surface area contributed by atoms with E-state index in [0.29, 0.717) is 38.6 Å². The summed E-state index contributed by atoms with van der Waals surface area (Å²) in [6, 6.07) is 9.27. The monoisotopic (exact) mass is 348 g/mol. The minimum absolute atomic E-state index is 0.176. The standard InChI is InChI=1S/C18H14ClFO4/c1-10-17(18(21)22-2)14-8-13(5-6-16(14)24-10)23-9-11-3-4-12(20)7-15(11)19/h3-8H,9H2,1-2H3. The molecule has 0 atom stereocenters. The number of esters is 1. The normalized spacial score (nSPS) is 10.8. The fourth-order valence-corrected chi connectivity index (χ4v) is 2.67. The van der Waals surface area contributed by atoms with Crippen molar-refractivity contribution in [2.45, 2.75) is 13.5 Å². The van der Waals surface area contributed by atoms with E-state index < -0.39 is 11.8 Å². The van der Waals surface area contributed by atoms with E-state index in [1.54, 1.807) is 31.2 Å². The molecule has 0 fully saturated rings. The number of hydrogen-bond donors (Lipinski definition) is 0. The molecule has 6 heteroatoms. The molecular formula is C18H14ClFO4. The van der Waals surface area contributed by atoms with Gasteiger partial charge >= 0.3 is 5.97 Å². The van der Waals surface area contributed by atoms with Crippen molar-refractivity contribution >= 4 is 28.5 Å². The van der Waals surface area contributed by atoms with Gasteiger partial charge in [0.05, 0.1) is 12.1 Å². The molecule has 1 aromatic heterocycles. The zero-order valence-electron chi connectivity index (χ0n) is 13.1. The molecule has 24 heavy (non-hydrogen) atoms. The highest BCUT2D eigenvalue weighted by molar-refractivity contribution is 6.31. The Morgan fingerprint density at radius 3 is 2.75 bits per heavy atom. The molecule has 3 aromatic rings. The van der Waals surface area contributed by atoms with Gasteiger partial charge in [0.15, 0.2) is 0 Å². The van der Waals surface area contributed by atoms with Crippen LogP contribution in [0.1, 0.15) is 21.7 Å². The van der Waals surface area contributed by atoms with Gasteiger partial charge in [-0.05, 0) is 37.3 Å². The summed E-state index contributed by atoms with van der Waals surface area (Å²) in [7, 11) is 1.32. The molecule has 0 saturated carbocycles. The maximum absolute atomic E-state index is 13.1. The number of fused-ring (bicyclic) bond motifs is 1. The molecule has 0 spiro atoms. The molecule has 0 aliphatic rings. The molecule has 0 saturated heterocycles. The zero-order chi connectivity index (χ0) is 17.3. The lowest BCUT2D eigenvalue weighted by Crippen LogP contribution is -2.02. The van der Waals surface area contributed by atoms with Gasteiger partial charge in [0.1, 0.15) is 35.1 Å². The summed E-state index contributed by atoms with van der Waals surface area (Å²) in [6.07, 6.45) is 0. The predicted molar refractivity (Wildman–Crippen MR) is 88.0 cm³/mol. The van der Waals surface area contributed by atoms with Gasteiger partial charge in [-0.25, -0.2) is 9.18 Å². The highest BCUT2D eigenvalue weighted by Gasteiger charge is 2.19. The van der Waals surface area contributed by atoms with Crippen LogP contribution in [0.15, 0.2) is 40.8 Å². The average Bonchev–Trinajstić information content (AvgIpc) is 2.88. The van der Waals surface area contributed by atoms with Gasteiger partial charge in [-0.15, -0.1) is 0 Å². The lowest BCUT2D eigenvalue weighted by atomic mass is 10.1. The van der Waals surface area contributed by atoms with Crippen molar-refractivity contribution in [3.8, 4) is 5.75 Å². The number of aryl methyl sites for hydroxylation is 1. The summed E-state index contributed by atoms with van der Waals surface area (Å²) in [4.78, 5) is 11.9. The largest absolute Gasteiger partial charge is 0.489 e. The first-order chi connectivity index (χ1) is 11.5. The number of halogens is 2. The van der Waals surface area contributed by atoms with Gasteiger partial charge in [0.2, 0.25) is 0 Å². The Balaban J connectivity index is 1.89. The average molecular weight is 349 g/mol. The number of carbonyl (C=O) groups excluding carboxylic acids is 1. The summed E-state index contributed by atoms with van der Waals surface area (Å²) in [5.41, 5.74) is 1.60. The number of rotatable bonds is 4. The van der Waals surface area contributed by atoms with Crippen molar-refractivity contribution in [3.63, 3.8) is 0 Å². The minimum Gasteiger partial charge on any atom is -0.489 e. The Hall–Kier alpha value is -2.53. The maximum atomic E-state index is 13.1. The molecule has 3 rings (SSSR count). The second kappa shape index (κ2) is 6.53. The van der Waals surface area contributed by atoms with Crippen LogP contribution in [0.2, 0.25) is 5.02 Å². The summed E-state index contributed by atoms with van der Waals surface area (Å²) < 4.78 is 29.1. The van der Waals surface area contributed by atoms with Crippen LogP contribution in [0.4, 0.5) is 4.39 Å². The smallest absolute Gasteiger partial charge is 0.342 e. The summed E-state index contributed by atoms with van der Waals surface area (Å²) in [5, 5.41) is 0.910. The number of benzene rings is 2. The van der Waals surface area contributed by atoms with Crippen molar-refractivity contribution in [2.24, 2.45) is 0 Å². The predicted octanol–water partition coefficient (Wildman–Crippen LogP) is 4.90. The van der Waals surface area contributed by atoms with E-state index >= 15 is 0 Å². The van der Waals surface area contributed by atoms with E-state index in [9.17, 15) is 9.18 Å². The van der Waals surface area contributed by atoms with Crippen molar-refractivity contribution in [1.82, 2.24) is 0 Å². The lowest BCUT2D eigenvalue weighted by molar-refractivity contribution is 0.0600. The van der Waals surface area contributed by atoms with E-state index in [0.717, 1.165) is 0 Å². The zero-order valence-corrected chi connectivity index (χ0v) is 13.8. The molecule has 0 aliphatic heterocycles. The first-order valence-electron chi connectivity index (χ1n) is 7.18. The fourth-order valence-electron chi connectivity index (χ4n) is 2.44. The highest BCUT2D eigenvalue weighted by atomic mass is 35.5. The molecular weight excluding hydrogens is 335 g/mol. The van der Waals surface area contributed by atoms with Crippen LogP contribution in [0.5, 0.6) is 5.75 Å². The SMILES string of the molecule is COC(=O)c1c(C)oc2ccc(OCc3ccc(F)cc3Cl)cc12. The van der Waals surface area contributed by atoms with Crippen LogP contribution in [0, 0.1) is 12.7 Å². The van der Waals surface area contributed by atoms with Gasteiger partial charge in [-0.2, -0.15) is 0 Å². The first-order valence-corrected chi connectivity index (χ1v) is 7.55. The van der Waals surface area contributed by atoms with E-state index in [1.807, 2.05) is 0 Å². The minimum atomic E-state index is -0.468. The maximum Gasteiger partial charge on any atom is 0.342 e. The molecule has 2 aromatic carbocycles. The van der Waals surface area contributed by atoms with Crippen molar-refractivity contribution in [3.05, 3.63) is 64.1 Å². The molecule has 1 heterocycles. The number of methoxy groups -OCH3 is 1. The van der Waals surface area contributed by atoms with Gasteiger partial charge < -0.3 is 13.9 Å². The summed E-state index contributed by atoms with van der Waals surface area (Å²) in [6.45, 7) is 1.88. The third-order valence-corrected chi connectivity index (χ3v) is 3.99. The molecule has 0 unspecified atom stereocenters. The van der Waals surface area contributed by atoms with Crippen LogP contribution < -0.4 is 4.74 Å². The second-order valence-electron chi connectivity index (χ2n) is 5.21. The van der Waals surface area contributed by atoms with E-state index in [1.165, 1.54) is 19.2 Å². The lowest BCUT2D eigenvalue weighted by Gasteiger charge is -2.08. The molecule has 0 N–H and O–H groups in total. The van der Waals surface area contributed by atoms with E-state index in [-0.39, 0.29) is 6.61 Å². The van der Waals surface area contributed by atoms with Crippen molar-refractivity contribution in [2.75, 3.05) is 7.11 Å².